The van der Waals surface area contributed by atoms with Gasteiger partial charge in [-0.05, 0) is 11.6 Å². The zero-order valence-electron chi connectivity index (χ0n) is 10.9. The molecule has 1 aromatic carbocycles. The van der Waals surface area contributed by atoms with E-state index >= 15 is 0 Å². The summed E-state index contributed by atoms with van der Waals surface area (Å²) in [5, 5.41) is 38.7. The van der Waals surface area contributed by atoms with Gasteiger partial charge in [0.05, 0.1) is 30.1 Å². The molecule has 21 heavy (non-hydrogen) atoms. The Morgan fingerprint density at radius 3 is 2.43 bits per heavy atom. The number of carboxylic acid groups (broad SMARTS) is 1. The summed E-state index contributed by atoms with van der Waals surface area (Å²) in [5.41, 5.74) is -0.837. The van der Waals surface area contributed by atoms with E-state index in [9.17, 15) is 29.9 Å². The highest BCUT2D eigenvalue weighted by Gasteiger charge is 2.25. The molecule has 0 aliphatic carbocycles. The van der Waals surface area contributed by atoms with E-state index in [-0.39, 0.29) is 11.1 Å². The van der Waals surface area contributed by atoms with Crippen molar-refractivity contribution in [1.29, 1.82) is 0 Å². The molecule has 0 aromatic heterocycles. The number of non-ortho nitro benzene ring substituents is 1. The van der Waals surface area contributed by atoms with Crippen LogP contribution in [0.15, 0.2) is 18.2 Å². The van der Waals surface area contributed by atoms with Crippen LogP contribution in [0.2, 0.25) is 0 Å². The molecule has 0 bridgehead atoms. The molecule has 0 saturated carbocycles. The van der Waals surface area contributed by atoms with E-state index < -0.39 is 41.2 Å². The summed E-state index contributed by atoms with van der Waals surface area (Å²) in [6, 6.07) is 2.99. The lowest BCUT2D eigenvalue weighted by molar-refractivity contribution is -0.385. The van der Waals surface area contributed by atoms with Crippen LogP contribution in [0, 0.1) is 10.1 Å². The number of esters is 1. The molecule has 1 rings (SSSR count). The molecule has 0 spiro atoms. The van der Waals surface area contributed by atoms with Gasteiger partial charge < -0.3 is 20.1 Å². The molecule has 2 atom stereocenters. The first kappa shape index (κ1) is 16.5. The highest BCUT2D eigenvalue weighted by atomic mass is 16.6. The van der Waals surface area contributed by atoms with E-state index in [1.54, 1.807) is 0 Å². The number of carboxylic acids is 1. The molecule has 1 aromatic rings. The van der Waals surface area contributed by atoms with Crippen LogP contribution in [0.5, 0.6) is 0 Å². The average Bonchev–Trinajstić information content (AvgIpc) is 2.44. The third-order valence-corrected chi connectivity index (χ3v) is 2.66. The number of methoxy groups -OCH3 is 1. The highest BCUT2D eigenvalue weighted by molar-refractivity contribution is 5.90. The van der Waals surface area contributed by atoms with Gasteiger partial charge in [-0.2, -0.15) is 0 Å². The number of aliphatic hydroxyl groups is 2. The van der Waals surface area contributed by atoms with E-state index in [0.717, 1.165) is 25.3 Å². The lowest BCUT2D eigenvalue weighted by atomic mass is 9.99. The topological polar surface area (TPSA) is 147 Å². The number of hydrogen-bond acceptors (Lipinski definition) is 7. The Hall–Kier alpha value is -2.52. The van der Waals surface area contributed by atoms with Gasteiger partial charge in [0.1, 0.15) is 6.10 Å². The molecule has 9 nitrogen and oxygen atoms in total. The van der Waals surface area contributed by atoms with Crippen molar-refractivity contribution in [3.8, 4) is 0 Å². The summed E-state index contributed by atoms with van der Waals surface area (Å²) in [7, 11) is 1.08. The molecule has 9 heteroatoms. The fourth-order valence-electron chi connectivity index (χ4n) is 1.66. The number of nitro groups is 1. The lowest BCUT2D eigenvalue weighted by Gasteiger charge is -2.17. The predicted molar refractivity (Wildman–Crippen MR) is 67.7 cm³/mol. The molecule has 2 unspecified atom stereocenters. The first-order valence-corrected chi connectivity index (χ1v) is 5.72. The van der Waals surface area contributed by atoms with Gasteiger partial charge in [-0.1, -0.05) is 0 Å². The molecule has 0 fully saturated rings. The Balaban J connectivity index is 3.21. The summed E-state index contributed by atoms with van der Waals surface area (Å²) in [6.07, 6.45) is -4.11. The molecular formula is C12H13NO8. The van der Waals surface area contributed by atoms with Crippen molar-refractivity contribution >= 4 is 17.6 Å². The fraction of sp³-hybridized carbons (Fsp3) is 0.333. The van der Waals surface area contributed by atoms with Crippen LogP contribution in [0.3, 0.4) is 0 Å². The number of benzene rings is 1. The van der Waals surface area contributed by atoms with Gasteiger partial charge in [-0.3, -0.25) is 14.9 Å². The monoisotopic (exact) mass is 299 g/mol. The lowest BCUT2D eigenvalue weighted by Crippen LogP contribution is -2.22. The predicted octanol–water partition coefficient (Wildman–Crippen LogP) is 0.250. The second kappa shape index (κ2) is 6.77. The maximum Gasteiger partial charge on any atom is 0.338 e. The second-order valence-electron chi connectivity index (χ2n) is 4.17. The Kier molecular flexibility index (Phi) is 5.33. The van der Waals surface area contributed by atoms with E-state index in [2.05, 4.69) is 4.74 Å². The first-order chi connectivity index (χ1) is 9.76. The van der Waals surface area contributed by atoms with Gasteiger partial charge in [-0.25, -0.2) is 4.79 Å². The number of nitrogens with zero attached hydrogens (tertiary/aromatic N) is 1. The van der Waals surface area contributed by atoms with Gasteiger partial charge in [-0.15, -0.1) is 0 Å². The number of carbonyl (C=O) groups excluding carboxylic acids is 1. The molecule has 0 heterocycles. The summed E-state index contributed by atoms with van der Waals surface area (Å²) in [5.74, 6) is -2.21. The minimum Gasteiger partial charge on any atom is -0.481 e. The van der Waals surface area contributed by atoms with Crippen molar-refractivity contribution in [2.75, 3.05) is 7.11 Å². The number of ether oxygens (including phenoxy) is 1. The number of carbonyl (C=O) groups is 2. The molecular weight excluding hydrogens is 286 g/mol. The van der Waals surface area contributed by atoms with E-state index in [1.165, 1.54) is 0 Å². The normalized spacial score (nSPS) is 13.3. The van der Waals surface area contributed by atoms with Crippen LogP contribution in [-0.2, 0) is 9.53 Å². The Bertz CT molecular complexity index is 570. The van der Waals surface area contributed by atoms with Crippen LogP contribution >= 0.6 is 0 Å². The first-order valence-electron chi connectivity index (χ1n) is 5.72. The van der Waals surface area contributed by atoms with Crippen molar-refractivity contribution in [2.45, 2.75) is 18.6 Å². The van der Waals surface area contributed by atoms with Crippen molar-refractivity contribution < 1.29 is 34.6 Å². The third-order valence-electron chi connectivity index (χ3n) is 2.66. The van der Waals surface area contributed by atoms with Crippen molar-refractivity contribution in [3.63, 3.8) is 0 Å². The summed E-state index contributed by atoms with van der Waals surface area (Å²) in [4.78, 5) is 31.9. The van der Waals surface area contributed by atoms with E-state index in [1.807, 2.05) is 0 Å². The number of aliphatic hydroxyl groups excluding tert-OH is 2. The zero-order chi connectivity index (χ0) is 16.2. The fourth-order valence-corrected chi connectivity index (χ4v) is 1.66. The van der Waals surface area contributed by atoms with Gasteiger partial charge in [0.25, 0.3) is 5.69 Å². The van der Waals surface area contributed by atoms with E-state index in [0.29, 0.717) is 0 Å². The van der Waals surface area contributed by atoms with Crippen LogP contribution in [-0.4, -0.2) is 45.4 Å². The molecule has 3 N–H and O–H groups in total. The maximum absolute atomic E-state index is 11.4. The SMILES string of the molecule is COC(=O)c1cc(C(O)C(O)CC(=O)O)cc([N+](=O)[O-])c1. The van der Waals surface area contributed by atoms with Crippen molar-refractivity contribution in [2.24, 2.45) is 0 Å². The molecule has 0 aliphatic rings. The number of hydrogen-bond donors (Lipinski definition) is 3. The second-order valence-corrected chi connectivity index (χ2v) is 4.17. The minimum atomic E-state index is -1.69. The molecule has 0 aliphatic heterocycles. The summed E-state index contributed by atoms with van der Waals surface area (Å²) in [6.45, 7) is 0. The molecule has 0 radical (unpaired) electrons. The summed E-state index contributed by atoms with van der Waals surface area (Å²) < 4.78 is 4.43. The van der Waals surface area contributed by atoms with Crippen LogP contribution in [0.25, 0.3) is 0 Å². The molecule has 0 amide bonds. The Morgan fingerprint density at radius 1 is 1.33 bits per heavy atom. The maximum atomic E-state index is 11.4. The Morgan fingerprint density at radius 2 is 1.95 bits per heavy atom. The van der Waals surface area contributed by atoms with Crippen LogP contribution < -0.4 is 0 Å². The van der Waals surface area contributed by atoms with Crippen molar-refractivity contribution in [3.05, 3.63) is 39.4 Å². The third kappa shape index (κ3) is 4.23. The quantitative estimate of drug-likeness (QED) is 0.384. The van der Waals surface area contributed by atoms with Crippen molar-refractivity contribution in [1.82, 2.24) is 0 Å². The zero-order valence-corrected chi connectivity index (χ0v) is 10.9. The summed E-state index contributed by atoms with van der Waals surface area (Å²) >= 11 is 0. The van der Waals surface area contributed by atoms with Crippen LogP contribution in [0.1, 0.15) is 28.4 Å². The van der Waals surface area contributed by atoms with E-state index in [4.69, 9.17) is 5.11 Å². The average molecular weight is 299 g/mol. The number of aliphatic carboxylic acids is 1. The van der Waals surface area contributed by atoms with Gasteiger partial charge in [0.2, 0.25) is 0 Å². The molecule has 114 valence electrons. The Labute approximate surface area is 118 Å². The van der Waals surface area contributed by atoms with Gasteiger partial charge in [0, 0.05) is 12.1 Å². The standard InChI is InChI=1S/C12H13NO8/c1-21-12(18)7-2-6(3-8(4-7)13(19)20)11(17)9(14)5-10(15)16/h2-4,9,11,14,17H,5H2,1H3,(H,15,16). The smallest absolute Gasteiger partial charge is 0.338 e. The number of rotatable bonds is 6. The number of nitro benzene ring substituents is 1. The largest absolute Gasteiger partial charge is 0.481 e. The van der Waals surface area contributed by atoms with Crippen LogP contribution in [0.4, 0.5) is 5.69 Å². The minimum absolute atomic E-state index is 0.154. The molecule has 0 saturated heterocycles. The van der Waals surface area contributed by atoms with Gasteiger partial charge in [0.15, 0.2) is 0 Å². The highest BCUT2D eigenvalue weighted by Crippen LogP contribution is 2.25. The van der Waals surface area contributed by atoms with Gasteiger partial charge >= 0.3 is 11.9 Å².